The van der Waals surface area contributed by atoms with Crippen LogP contribution in [0.25, 0.3) is 0 Å². The van der Waals surface area contributed by atoms with Gasteiger partial charge in [-0.1, -0.05) is 23.2 Å². The van der Waals surface area contributed by atoms with E-state index in [0.29, 0.717) is 0 Å². The first-order valence-electron chi connectivity index (χ1n) is 3.36. The van der Waals surface area contributed by atoms with Gasteiger partial charge in [0.15, 0.2) is 0 Å². The van der Waals surface area contributed by atoms with Crippen molar-refractivity contribution < 1.29 is 14.3 Å². The highest BCUT2D eigenvalue weighted by Crippen LogP contribution is 2.27. The van der Waals surface area contributed by atoms with Crippen molar-refractivity contribution >= 4 is 29.2 Å². The number of carboxylic acid groups (broad SMARTS) is 1. The van der Waals surface area contributed by atoms with Crippen LogP contribution in [0.5, 0.6) is 0 Å². The molecule has 0 atom stereocenters. The van der Waals surface area contributed by atoms with Crippen LogP contribution >= 0.6 is 23.2 Å². The van der Waals surface area contributed by atoms with Crippen molar-refractivity contribution in [2.45, 2.75) is 6.42 Å². The Kier molecular flexibility index (Phi) is 3.12. The van der Waals surface area contributed by atoms with E-state index in [9.17, 15) is 9.18 Å². The predicted molar refractivity (Wildman–Crippen MR) is 47.8 cm³/mol. The van der Waals surface area contributed by atoms with Gasteiger partial charge < -0.3 is 5.11 Å². The molecule has 0 unspecified atom stereocenters. The Hall–Kier alpha value is -0.800. The SMILES string of the molecule is O=C(O)Cc1cc(F)cc(Cl)c1Cl. The summed E-state index contributed by atoms with van der Waals surface area (Å²) in [5.41, 5.74) is 0.180. The molecular formula is C8H5Cl2FO2. The van der Waals surface area contributed by atoms with E-state index in [1.54, 1.807) is 0 Å². The molecule has 0 amide bonds. The van der Waals surface area contributed by atoms with Gasteiger partial charge in [-0.25, -0.2) is 4.39 Å². The number of benzene rings is 1. The molecule has 0 saturated heterocycles. The number of aliphatic carboxylic acids is 1. The molecule has 5 heteroatoms. The summed E-state index contributed by atoms with van der Waals surface area (Å²) in [5, 5.41) is 8.56. The Morgan fingerprint density at radius 2 is 2.08 bits per heavy atom. The summed E-state index contributed by atoms with van der Waals surface area (Å²) in [5.74, 6) is -1.67. The summed E-state index contributed by atoms with van der Waals surface area (Å²) < 4.78 is 12.7. The van der Waals surface area contributed by atoms with Crippen molar-refractivity contribution in [1.82, 2.24) is 0 Å². The van der Waals surface area contributed by atoms with Gasteiger partial charge in [0.1, 0.15) is 5.82 Å². The van der Waals surface area contributed by atoms with Crippen LogP contribution in [0.3, 0.4) is 0 Å². The largest absolute Gasteiger partial charge is 0.481 e. The van der Waals surface area contributed by atoms with Crippen molar-refractivity contribution in [3.05, 3.63) is 33.6 Å². The van der Waals surface area contributed by atoms with E-state index in [0.717, 1.165) is 12.1 Å². The molecule has 1 aromatic rings. The Morgan fingerprint density at radius 1 is 1.46 bits per heavy atom. The van der Waals surface area contributed by atoms with Crippen LogP contribution in [-0.4, -0.2) is 11.1 Å². The van der Waals surface area contributed by atoms with Crippen LogP contribution in [-0.2, 0) is 11.2 Å². The molecule has 0 radical (unpaired) electrons. The van der Waals surface area contributed by atoms with Crippen molar-refractivity contribution in [3.8, 4) is 0 Å². The summed E-state index contributed by atoms with van der Waals surface area (Å²) in [7, 11) is 0. The summed E-state index contributed by atoms with van der Waals surface area (Å²) in [6.07, 6.45) is -0.337. The van der Waals surface area contributed by atoms with Gasteiger partial charge in [0, 0.05) is 0 Å². The lowest BCUT2D eigenvalue weighted by molar-refractivity contribution is -0.136. The second kappa shape index (κ2) is 3.94. The molecule has 1 aromatic carbocycles. The third-order valence-electron chi connectivity index (χ3n) is 1.41. The Bertz CT molecular complexity index is 352. The van der Waals surface area contributed by atoms with Crippen LogP contribution in [0.4, 0.5) is 4.39 Å². The molecule has 0 saturated carbocycles. The predicted octanol–water partition coefficient (Wildman–Crippen LogP) is 2.76. The molecule has 0 aliphatic carbocycles. The molecule has 13 heavy (non-hydrogen) atoms. The first kappa shape index (κ1) is 10.3. The molecule has 1 rings (SSSR count). The monoisotopic (exact) mass is 222 g/mol. The Morgan fingerprint density at radius 3 is 2.62 bits per heavy atom. The molecule has 2 nitrogen and oxygen atoms in total. The van der Waals surface area contributed by atoms with Crippen molar-refractivity contribution in [3.63, 3.8) is 0 Å². The second-order valence-corrected chi connectivity index (χ2v) is 3.22. The average molecular weight is 223 g/mol. The molecule has 0 bridgehead atoms. The minimum Gasteiger partial charge on any atom is -0.481 e. The lowest BCUT2D eigenvalue weighted by Crippen LogP contribution is -2.01. The van der Waals surface area contributed by atoms with E-state index in [1.165, 1.54) is 0 Å². The zero-order chi connectivity index (χ0) is 10.0. The molecular weight excluding hydrogens is 218 g/mol. The molecule has 0 aliphatic heterocycles. The molecule has 0 aromatic heterocycles. The third-order valence-corrected chi connectivity index (χ3v) is 2.25. The highest BCUT2D eigenvalue weighted by Gasteiger charge is 2.10. The first-order valence-corrected chi connectivity index (χ1v) is 4.11. The fourth-order valence-corrected chi connectivity index (χ4v) is 1.30. The van der Waals surface area contributed by atoms with Gasteiger partial charge in [0.05, 0.1) is 16.5 Å². The normalized spacial score (nSPS) is 10.1. The number of hydrogen-bond acceptors (Lipinski definition) is 1. The second-order valence-electron chi connectivity index (χ2n) is 2.43. The molecule has 0 spiro atoms. The highest BCUT2D eigenvalue weighted by atomic mass is 35.5. The fraction of sp³-hybridized carbons (Fsp3) is 0.125. The zero-order valence-corrected chi connectivity index (χ0v) is 7.86. The topological polar surface area (TPSA) is 37.3 Å². The standard InChI is InChI=1S/C8H5Cl2FO2/c9-6-3-5(11)1-4(8(6)10)2-7(12)13/h1,3H,2H2,(H,12,13). The van der Waals surface area contributed by atoms with Gasteiger partial charge in [-0.2, -0.15) is 0 Å². The van der Waals surface area contributed by atoms with Crippen molar-refractivity contribution in [1.29, 1.82) is 0 Å². The van der Waals surface area contributed by atoms with Crippen LogP contribution in [0.2, 0.25) is 10.0 Å². The van der Waals surface area contributed by atoms with Crippen LogP contribution in [0, 0.1) is 5.82 Å². The quantitative estimate of drug-likeness (QED) is 0.782. The van der Waals surface area contributed by atoms with Gasteiger partial charge in [0.25, 0.3) is 0 Å². The van der Waals surface area contributed by atoms with Crippen LogP contribution < -0.4 is 0 Å². The smallest absolute Gasteiger partial charge is 0.307 e. The van der Waals surface area contributed by atoms with Gasteiger partial charge in [-0.3, -0.25) is 4.79 Å². The van der Waals surface area contributed by atoms with Crippen molar-refractivity contribution in [2.75, 3.05) is 0 Å². The summed E-state index contributed by atoms with van der Waals surface area (Å²) in [4.78, 5) is 10.3. The number of halogens is 3. The van der Waals surface area contributed by atoms with Gasteiger partial charge in [0.2, 0.25) is 0 Å². The Labute approximate surface area is 83.9 Å². The van der Waals surface area contributed by atoms with Gasteiger partial charge >= 0.3 is 5.97 Å². The summed E-state index contributed by atoms with van der Waals surface area (Å²) in [6.45, 7) is 0. The third kappa shape index (κ3) is 2.57. The zero-order valence-electron chi connectivity index (χ0n) is 6.35. The number of carboxylic acids is 1. The number of hydrogen-bond donors (Lipinski definition) is 1. The maximum atomic E-state index is 12.7. The van der Waals surface area contributed by atoms with Crippen LogP contribution in [0.15, 0.2) is 12.1 Å². The molecule has 0 heterocycles. The van der Waals surface area contributed by atoms with E-state index < -0.39 is 11.8 Å². The highest BCUT2D eigenvalue weighted by molar-refractivity contribution is 6.42. The van der Waals surface area contributed by atoms with Crippen molar-refractivity contribution in [2.24, 2.45) is 0 Å². The van der Waals surface area contributed by atoms with Gasteiger partial charge in [-0.15, -0.1) is 0 Å². The maximum Gasteiger partial charge on any atom is 0.307 e. The molecule has 1 N–H and O–H groups in total. The number of carbonyl (C=O) groups is 1. The molecule has 0 aliphatic rings. The average Bonchev–Trinajstić information content (AvgIpc) is 1.98. The fourth-order valence-electron chi connectivity index (χ4n) is 0.901. The van der Waals surface area contributed by atoms with Gasteiger partial charge in [-0.05, 0) is 17.7 Å². The van der Waals surface area contributed by atoms with Crippen LogP contribution in [0.1, 0.15) is 5.56 Å². The lowest BCUT2D eigenvalue weighted by atomic mass is 10.1. The first-order chi connectivity index (χ1) is 6.00. The maximum absolute atomic E-state index is 12.7. The Balaban J connectivity index is 3.12. The summed E-state index contributed by atoms with van der Waals surface area (Å²) >= 11 is 11.2. The van der Waals surface area contributed by atoms with E-state index in [2.05, 4.69) is 0 Å². The van der Waals surface area contributed by atoms with E-state index in [-0.39, 0.29) is 22.0 Å². The van der Waals surface area contributed by atoms with E-state index in [4.69, 9.17) is 28.3 Å². The minimum atomic E-state index is -1.08. The van der Waals surface area contributed by atoms with E-state index >= 15 is 0 Å². The summed E-state index contributed by atoms with van der Waals surface area (Å²) in [6, 6.07) is 2.09. The molecule has 70 valence electrons. The molecule has 0 fully saturated rings. The lowest BCUT2D eigenvalue weighted by Gasteiger charge is -2.02. The minimum absolute atomic E-state index is 0.0258. The number of rotatable bonds is 2. The van der Waals surface area contributed by atoms with E-state index in [1.807, 2.05) is 0 Å².